The molecule has 26 heavy (non-hydrogen) atoms. The van der Waals surface area contributed by atoms with Gasteiger partial charge in [0.2, 0.25) is 0 Å². The van der Waals surface area contributed by atoms with E-state index in [0.29, 0.717) is 24.7 Å². The molecule has 2 rings (SSSR count). The van der Waals surface area contributed by atoms with E-state index < -0.39 is 0 Å². The van der Waals surface area contributed by atoms with Crippen LogP contribution in [0.1, 0.15) is 26.0 Å². The smallest absolute Gasteiger partial charge is 0.322 e. The van der Waals surface area contributed by atoms with E-state index in [1.165, 1.54) is 4.90 Å². The van der Waals surface area contributed by atoms with Crippen molar-refractivity contribution in [2.45, 2.75) is 26.8 Å². The number of ether oxygens (including phenoxy) is 2. The number of hydrogen-bond donors (Lipinski definition) is 1. The van der Waals surface area contributed by atoms with E-state index in [9.17, 15) is 9.59 Å². The number of benzene rings is 1. The molecule has 0 radical (unpaired) electrons. The minimum absolute atomic E-state index is 0.116. The van der Waals surface area contributed by atoms with Crippen LogP contribution in [0.4, 0.5) is 10.5 Å². The summed E-state index contributed by atoms with van der Waals surface area (Å²) in [6.45, 7) is 5.03. The zero-order valence-corrected chi connectivity index (χ0v) is 15.1. The van der Waals surface area contributed by atoms with Gasteiger partial charge in [0.1, 0.15) is 11.5 Å². The molecule has 1 aromatic heterocycles. The quantitative estimate of drug-likeness (QED) is 0.690. The number of carbonyl (C=O) groups excluding carboxylic acids is 2. The first-order valence-electron chi connectivity index (χ1n) is 8.59. The summed E-state index contributed by atoms with van der Waals surface area (Å²) in [5, 5.41) is 2.82. The molecule has 0 bridgehead atoms. The molecular formula is C19H24N2O5. The summed E-state index contributed by atoms with van der Waals surface area (Å²) >= 11 is 0. The van der Waals surface area contributed by atoms with Crippen molar-refractivity contribution in [2.24, 2.45) is 0 Å². The Morgan fingerprint density at radius 1 is 1.12 bits per heavy atom. The molecule has 0 aliphatic heterocycles. The van der Waals surface area contributed by atoms with Crippen LogP contribution in [0.2, 0.25) is 0 Å². The van der Waals surface area contributed by atoms with E-state index in [2.05, 4.69) is 5.32 Å². The summed E-state index contributed by atoms with van der Waals surface area (Å²) < 4.78 is 15.6. The molecule has 0 fully saturated rings. The SMILES string of the molecule is CCOC(=O)CCN(Cc1ccco1)C(=O)Nc1ccc(OCC)cc1. The molecular weight excluding hydrogens is 336 g/mol. The van der Waals surface area contributed by atoms with Crippen molar-refractivity contribution in [3.05, 3.63) is 48.4 Å². The minimum Gasteiger partial charge on any atom is -0.494 e. The lowest BCUT2D eigenvalue weighted by atomic mass is 10.3. The number of carbonyl (C=O) groups is 2. The maximum absolute atomic E-state index is 12.6. The molecule has 0 saturated carbocycles. The molecule has 2 aromatic rings. The van der Waals surface area contributed by atoms with Gasteiger partial charge in [0.25, 0.3) is 0 Å². The second kappa shape index (κ2) is 10.1. The maximum Gasteiger partial charge on any atom is 0.322 e. The summed E-state index contributed by atoms with van der Waals surface area (Å²) in [6, 6.07) is 10.3. The molecule has 1 N–H and O–H groups in total. The fraction of sp³-hybridized carbons (Fsp3) is 0.368. The van der Waals surface area contributed by atoms with E-state index in [1.54, 1.807) is 49.6 Å². The largest absolute Gasteiger partial charge is 0.494 e. The molecule has 0 unspecified atom stereocenters. The van der Waals surface area contributed by atoms with Crippen molar-refractivity contribution in [1.29, 1.82) is 0 Å². The van der Waals surface area contributed by atoms with Crippen molar-refractivity contribution in [2.75, 3.05) is 25.1 Å². The van der Waals surface area contributed by atoms with Crippen LogP contribution in [-0.4, -0.2) is 36.7 Å². The molecule has 0 spiro atoms. The number of rotatable bonds is 9. The fourth-order valence-electron chi connectivity index (χ4n) is 2.31. The Bertz CT molecular complexity index is 682. The topological polar surface area (TPSA) is 81.0 Å². The normalized spacial score (nSPS) is 10.2. The van der Waals surface area contributed by atoms with Crippen molar-refractivity contribution >= 4 is 17.7 Å². The second-order valence-corrected chi connectivity index (χ2v) is 5.44. The molecule has 0 atom stereocenters. The van der Waals surface area contributed by atoms with E-state index in [0.717, 1.165) is 5.75 Å². The van der Waals surface area contributed by atoms with Crippen molar-refractivity contribution in [3.63, 3.8) is 0 Å². The van der Waals surface area contributed by atoms with E-state index in [1.807, 2.05) is 6.92 Å². The van der Waals surface area contributed by atoms with Gasteiger partial charge in [0.05, 0.1) is 32.4 Å². The van der Waals surface area contributed by atoms with Crippen LogP contribution < -0.4 is 10.1 Å². The highest BCUT2D eigenvalue weighted by molar-refractivity contribution is 5.89. The summed E-state index contributed by atoms with van der Waals surface area (Å²) in [4.78, 5) is 25.7. The fourth-order valence-corrected chi connectivity index (χ4v) is 2.31. The van der Waals surface area contributed by atoms with Gasteiger partial charge in [-0.1, -0.05) is 0 Å². The average Bonchev–Trinajstić information content (AvgIpc) is 3.14. The standard InChI is InChI=1S/C19H24N2O5/c1-3-24-16-9-7-15(8-10-16)20-19(23)21(12-11-18(22)25-4-2)14-17-6-5-13-26-17/h5-10,13H,3-4,11-12,14H2,1-2H3,(H,20,23). The molecule has 140 valence electrons. The summed E-state index contributed by atoms with van der Waals surface area (Å²) in [7, 11) is 0. The van der Waals surface area contributed by atoms with Gasteiger partial charge in [-0.2, -0.15) is 0 Å². The number of amides is 2. The van der Waals surface area contributed by atoms with E-state index in [4.69, 9.17) is 13.9 Å². The Kier molecular flexibility index (Phi) is 7.54. The van der Waals surface area contributed by atoms with Crippen LogP contribution in [-0.2, 0) is 16.1 Å². The van der Waals surface area contributed by atoms with Gasteiger partial charge >= 0.3 is 12.0 Å². The predicted octanol–water partition coefficient (Wildman–Crippen LogP) is 3.67. The van der Waals surface area contributed by atoms with Crippen LogP contribution >= 0.6 is 0 Å². The molecule has 2 amide bonds. The lowest BCUT2D eigenvalue weighted by molar-refractivity contribution is -0.143. The highest BCUT2D eigenvalue weighted by Crippen LogP contribution is 2.17. The zero-order chi connectivity index (χ0) is 18.8. The Morgan fingerprint density at radius 2 is 1.88 bits per heavy atom. The second-order valence-electron chi connectivity index (χ2n) is 5.44. The Labute approximate surface area is 152 Å². The summed E-state index contributed by atoms with van der Waals surface area (Å²) in [6.07, 6.45) is 1.66. The van der Waals surface area contributed by atoms with Crippen LogP contribution in [0, 0.1) is 0 Å². The Morgan fingerprint density at radius 3 is 2.50 bits per heavy atom. The van der Waals surface area contributed by atoms with Crippen molar-refractivity contribution in [1.82, 2.24) is 4.90 Å². The van der Waals surface area contributed by atoms with E-state index >= 15 is 0 Å². The number of anilines is 1. The van der Waals surface area contributed by atoms with Crippen molar-refractivity contribution in [3.8, 4) is 5.75 Å². The molecule has 7 heteroatoms. The van der Waals surface area contributed by atoms with Gasteiger partial charge in [0, 0.05) is 12.2 Å². The van der Waals surface area contributed by atoms with Gasteiger partial charge in [-0.05, 0) is 50.2 Å². The zero-order valence-electron chi connectivity index (χ0n) is 15.1. The van der Waals surface area contributed by atoms with Gasteiger partial charge < -0.3 is 24.1 Å². The summed E-state index contributed by atoms with van der Waals surface area (Å²) in [5.74, 6) is 1.03. The van der Waals surface area contributed by atoms with Gasteiger partial charge in [-0.25, -0.2) is 4.79 Å². The molecule has 1 heterocycles. The molecule has 7 nitrogen and oxygen atoms in total. The molecule has 0 saturated heterocycles. The van der Waals surface area contributed by atoms with Crippen LogP contribution in [0.3, 0.4) is 0 Å². The number of nitrogens with zero attached hydrogens (tertiary/aromatic N) is 1. The van der Waals surface area contributed by atoms with Gasteiger partial charge in [-0.3, -0.25) is 4.79 Å². The van der Waals surface area contributed by atoms with Crippen LogP contribution in [0.15, 0.2) is 47.1 Å². The van der Waals surface area contributed by atoms with E-state index in [-0.39, 0.29) is 31.5 Å². The number of hydrogen-bond acceptors (Lipinski definition) is 5. The summed E-state index contributed by atoms with van der Waals surface area (Å²) in [5.41, 5.74) is 0.638. The number of esters is 1. The highest BCUT2D eigenvalue weighted by Gasteiger charge is 2.17. The Hall–Kier alpha value is -2.96. The van der Waals surface area contributed by atoms with Crippen molar-refractivity contribution < 1.29 is 23.5 Å². The van der Waals surface area contributed by atoms with Crippen LogP contribution in [0.5, 0.6) is 5.75 Å². The molecule has 1 aromatic carbocycles. The maximum atomic E-state index is 12.6. The first kappa shape index (κ1) is 19.4. The monoisotopic (exact) mass is 360 g/mol. The number of nitrogens with one attached hydrogen (secondary N) is 1. The predicted molar refractivity (Wildman–Crippen MR) is 97.0 cm³/mol. The lowest BCUT2D eigenvalue weighted by Gasteiger charge is -2.22. The third kappa shape index (κ3) is 6.16. The van der Waals surface area contributed by atoms with Gasteiger partial charge in [-0.15, -0.1) is 0 Å². The van der Waals surface area contributed by atoms with Gasteiger partial charge in [0.15, 0.2) is 0 Å². The minimum atomic E-state index is -0.342. The molecule has 0 aliphatic rings. The Balaban J connectivity index is 1.99. The average molecular weight is 360 g/mol. The van der Waals surface area contributed by atoms with Crippen LogP contribution in [0.25, 0.3) is 0 Å². The third-order valence-corrected chi connectivity index (χ3v) is 3.52. The number of furan rings is 1. The lowest BCUT2D eigenvalue weighted by Crippen LogP contribution is -2.36. The first-order valence-corrected chi connectivity index (χ1v) is 8.59. The molecule has 0 aliphatic carbocycles. The third-order valence-electron chi connectivity index (χ3n) is 3.52. The highest BCUT2D eigenvalue weighted by atomic mass is 16.5. The number of urea groups is 1. The first-order chi connectivity index (χ1) is 12.6.